The Labute approximate surface area is 165 Å². The molecule has 0 spiro atoms. The lowest BCUT2D eigenvalue weighted by atomic mass is 9.86. The molecular formula is C20H24N4O3S. The maximum atomic E-state index is 12.3. The fourth-order valence-corrected chi connectivity index (χ4v) is 3.84. The Morgan fingerprint density at radius 2 is 1.64 bits per heavy atom. The zero-order valence-electron chi connectivity index (χ0n) is 16.1. The van der Waals surface area contributed by atoms with Crippen molar-refractivity contribution >= 4 is 10.2 Å². The van der Waals surface area contributed by atoms with Gasteiger partial charge in [-0.05, 0) is 23.6 Å². The summed E-state index contributed by atoms with van der Waals surface area (Å²) < 4.78 is 26.6. The highest BCUT2D eigenvalue weighted by Crippen LogP contribution is 2.31. The van der Waals surface area contributed by atoms with Gasteiger partial charge in [-0.3, -0.25) is 0 Å². The van der Waals surface area contributed by atoms with Crippen molar-refractivity contribution in [1.82, 2.24) is 13.5 Å². The number of nitrogens with two attached hydrogens (primary N) is 1. The molecule has 0 aliphatic carbocycles. The van der Waals surface area contributed by atoms with E-state index in [-0.39, 0.29) is 6.54 Å². The first-order chi connectivity index (χ1) is 13.2. The van der Waals surface area contributed by atoms with Gasteiger partial charge in [0, 0.05) is 26.2 Å². The van der Waals surface area contributed by atoms with Crippen molar-refractivity contribution in [2.24, 2.45) is 5.73 Å². The fraction of sp³-hybridized carbons (Fsp3) is 0.250. The van der Waals surface area contributed by atoms with Gasteiger partial charge in [-0.2, -0.15) is 21.9 Å². The van der Waals surface area contributed by atoms with Crippen LogP contribution in [0.1, 0.15) is 16.8 Å². The molecule has 0 amide bonds. The van der Waals surface area contributed by atoms with E-state index in [1.807, 2.05) is 42.5 Å². The molecule has 28 heavy (non-hydrogen) atoms. The minimum absolute atomic E-state index is 0.0361. The van der Waals surface area contributed by atoms with Gasteiger partial charge in [0.15, 0.2) is 0 Å². The summed E-state index contributed by atoms with van der Waals surface area (Å²) >= 11 is 0. The molecule has 1 aromatic heterocycles. The molecule has 3 rings (SSSR count). The maximum Gasteiger partial charge on any atom is 0.322 e. The highest BCUT2D eigenvalue weighted by Gasteiger charge is 2.30. The first-order valence-electron chi connectivity index (χ1n) is 8.78. The van der Waals surface area contributed by atoms with Crippen molar-refractivity contribution < 1.29 is 13.5 Å². The van der Waals surface area contributed by atoms with E-state index in [1.165, 1.54) is 20.3 Å². The van der Waals surface area contributed by atoms with Gasteiger partial charge in [-0.25, -0.2) is 0 Å². The second-order valence-electron chi connectivity index (χ2n) is 6.80. The third kappa shape index (κ3) is 3.47. The Kier molecular flexibility index (Phi) is 5.40. The first kappa shape index (κ1) is 20.2. The number of rotatable bonds is 6. The fourth-order valence-electron chi connectivity index (χ4n) is 3.05. The van der Waals surface area contributed by atoms with Gasteiger partial charge < -0.3 is 10.8 Å². The third-order valence-electron chi connectivity index (χ3n) is 4.80. The minimum Gasteiger partial charge on any atom is -0.379 e. The van der Waals surface area contributed by atoms with E-state index in [0.29, 0.717) is 22.4 Å². The monoisotopic (exact) mass is 400 g/mol. The summed E-state index contributed by atoms with van der Waals surface area (Å²) in [6.45, 7) is 1.79. The largest absolute Gasteiger partial charge is 0.379 e. The lowest BCUT2D eigenvalue weighted by molar-refractivity contribution is 0.0902. The molecule has 3 N–H and O–H groups in total. The van der Waals surface area contributed by atoms with Crippen LogP contribution in [0, 0.1) is 6.92 Å². The van der Waals surface area contributed by atoms with Gasteiger partial charge in [0.2, 0.25) is 0 Å². The van der Waals surface area contributed by atoms with E-state index < -0.39 is 15.8 Å². The van der Waals surface area contributed by atoms with E-state index in [0.717, 1.165) is 14.0 Å². The molecule has 1 atom stereocenters. The molecule has 0 bridgehead atoms. The zero-order valence-corrected chi connectivity index (χ0v) is 16.9. The topological polar surface area (TPSA) is 101 Å². The predicted molar refractivity (Wildman–Crippen MR) is 109 cm³/mol. The molecule has 0 saturated heterocycles. The molecular weight excluding hydrogens is 376 g/mol. The van der Waals surface area contributed by atoms with Gasteiger partial charge in [0.1, 0.15) is 5.60 Å². The van der Waals surface area contributed by atoms with E-state index in [2.05, 4.69) is 5.10 Å². The molecule has 1 unspecified atom stereocenters. The van der Waals surface area contributed by atoms with Gasteiger partial charge in [-0.15, -0.1) is 0 Å². The zero-order chi connectivity index (χ0) is 20.5. The van der Waals surface area contributed by atoms with Crippen molar-refractivity contribution in [1.29, 1.82) is 0 Å². The van der Waals surface area contributed by atoms with Gasteiger partial charge in [0.25, 0.3) is 0 Å². The van der Waals surface area contributed by atoms with Crippen molar-refractivity contribution in [3.8, 4) is 11.1 Å². The van der Waals surface area contributed by atoms with E-state index in [9.17, 15) is 13.5 Å². The summed E-state index contributed by atoms with van der Waals surface area (Å²) in [5.74, 6) is 0. The summed E-state index contributed by atoms with van der Waals surface area (Å²) in [6.07, 6.45) is 1.49. The molecule has 7 nitrogen and oxygen atoms in total. The molecule has 3 aromatic rings. The van der Waals surface area contributed by atoms with Crippen LogP contribution in [-0.2, 0) is 15.8 Å². The number of nitrogens with zero attached hydrogens (tertiary/aromatic N) is 3. The summed E-state index contributed by atoms with van der Waals surface area (Å²) in [4.78, 5) is 0. The normalized spacial score (nSPS) is 14.2. The lowest BCUT2D eigenvalue weighted by Crippen LogP contribution is -2.36. The van der Waals surface area contributed by atoms with Crippen LogP contribution in [0.15, 0.2) is 60.8 Å². The van der Waals surface area contributed by atoms with Crippen molar-refractivity contribution in [3.63, 3.8) is 0 Å². The first-order valence-corrected chi connectivity index (χ1v) is 10.2. The van der Waals surface area contributed by atoms with Gasteiger partial charge >= 0.3 is 10.2 Å². The standard InChI is InChI=1S/C20H24N4O3S/c1-15-19(13-24(22-15)28(26,27)23(2)3)16-9-11-18(12-10-16)20(25,14-21)17-7-5-4-6-8-17/h4-13,25H,14,21H2,1-3H3. The van der Waals surface area contributed by atoms with Crippen LogP contribution in [0.25, 0.3) is 11.1 Å². The average Bonchev–Trinajstić information content (AvgIpc) is 3.10. The van der Waals surface area contributed by atoms with Crippen molar-refractivity contribution in [3.05, 3.63) is 77.6 Å². The number of aryl methyl sites for hydroxylation is 1. The predicted octanol–water partition coefficient (Wildman–Crippen LogP) is 1.71. The summed E-state index contributed by atoms with van der Waals surface area (Å²) in [5.41, 5.74) is 8.06. The maximum absolute atomic E-state index is 12.3. The lowest BCUT2D eigenvalue weighted by Gasteiger charge is -2.28. The Bertz CT molecular complexity index is 1060. The average molecular weight is 401 g/mol. The molecule has 0 fully saturated rings. The second kappa shape index (κ2) is 7.48. The Balaban J connectivity index is 1.99. The number of hydrogen-bond donors (Lipinski definition) is 2. The van der Waals surface area contributed by atoms with Crippen LogP contribution in [0.3, 0.4) is 0 Å². The number of benzene rings is 2. The summed E-state index contributed by atoms with van der Waals surface area (Å²) in [7, 11) is -0.763. The van der Waals surface area contributed by atoms with E-state index in [1.54, 1.807) is 19.1 Å². The number of hydrogen-bond acceptors (Lipinski definition) is 5. The number of aliphatic hydroxyl groups is 1. The highest BCUT2D eigenvalue weighted by molar-refractivity contribution is 7.87. The van der Waals surface area contributed by atoms with Gasteiger partial charge in [-0.1, -0.05) is 54.6 Å². The van der Waals surface area contributed by atoms with Crippen LogP contribution in [-0.4, -0.2) is 47.7 Å². The quantitative estimate of drug-likeness (QED) is 0.656. The van der Waals surface area contributed by atoms with E-state index >= 15 is 0 Å². The molecule has 1 heterocycles. The van der Waals surface area contributed by atoms with Crippen LogP contribution < -0.4 is 5.73 Å². The minimum atomic E-state index is -3.68. The van der Waals surface area contributed by atoms with Crippen LogP contribution >= 0.6 is 0 Å². The Hall–Kier alpha value is -2.52. The van der Waals surface area contributed by atoms with E-state index in [4.69, 9.17) is 5.73 Å². The molecule has 0 aliphatic rings. The smallest absolute Gasteiger partial charge is 0.322 e. The van der Waals surface area contributed by atoms with Crippen molar-refractivity contribution in [2.75, 3.05) is 20.6 Å². The van der Waals surface area contributed by atoms with Crippen LogP contribution in [0.4, 0.5) is 0 Å². The molecule has 2 aromatic carbocycles. The highest BCUT2D eigenvalue weighted by atomic mass is 32.2. The molecule has 148 valence electrons. The van der Waals surface area contributed by atoms with Crippen LogP contribution in [0.2, 0.25) is 0 Å². The van der Waals surface area contributed by atoms with Gasteiger partial charge in [0.05, 0.1) is 11.9 Å². The molecule has 0 saturated carbocycles. The van der Waals surface area contributed by atoms with Crippen molar-refractivity contribution in [2.45, 2.75) is 12.5 Å². The molecule has 0 radical (unpaired) electrons. The Morgan fingerprint density at radius 3 is 2.18 bits per heavy atom. The molecule has 8 heteroatoms. The Morgan fingerprint density at radius 1 is 1.07 bits per heavy atom. The number of aromatic nitrogens is 2. The summed E-state index contributed by atoms with van der Waals surface area (Å²) in [5, 5.41) is 15.3. The van der Waals surface area contributed by atoms with Crippen LogP contribution in [0.5, 0.6) is 0 Å². The summed E-state index contributed by atoms with van der Waals surface area (Å²) in [6, 6.07) is 16.5. The SMILES string of the molecule is Cc1nn(S(=O)(=O)N(C)C)cc1-c1ccc(C(O)(CN)c2ccccc2)cc1. The molecule has 0 aliphatic heterocycles. The second-order valence-corrected chi connectivity index (χ2v) is 8.80. The third-order valence-corrected chi connectivity index (χ3v) is 6.38.